The molecule has 0 radical (unpaired) electrons. The number of oxime groups is 1. The van der Waals surface area contributed by atoms with Gasteiger partial charge < -0.3 is 19.1 Å². The molecular weight excluding hydrogens is 487 g/mol. The van der Waals surface area contributed by atoms with Crippen molar-refractivity contribution in [3.63, 3.8) is 0 Å². The Hall–Kier alpha value is -4.46. The number of carboxylic acid groups (broad SMARTS) is 1. The Bertz CT molecular complexity index is 1370. The van der Waals surface area contributed by atoms with Crippen LogP contribution in [0.25, 0.3) is 11.5 Å². The molecule has 1 atom stereocenters. The lowest BCUT2D eigenvalue weighted by Crippen LogP contribution is -2.24. The summed E-state index contributed by atoms with van der Waals surface area (Å²) < 4.78 is 24.7. The van der Waals surface area contributed by atoms with Crippen molar-refractivity contribution in [3.05, 3.63) is 107 Å². The van der Waals surface area contributed by atoms with Crippen molar-refractivity contribution < 1.29 is 28.3 Å². The zero-order valence-electron chi connectivity index (χ0n) is 21.3. The van der Waals surface area contributed by atoms with Gasteiger partial charge in [-0.25, -0.2) is 9.37 Å². The Morgan fingerprint density at radius 1 is 1.03 bits per heavy atom. The van der Waals surface area contributed by atoms with Crippen LogP contribution in [0.3, 0.4) is 0 Å². The Balaban J connectivity index is 1.28. The van der Waals surface area contributed by atoms with Crippen molar-refractivity contribution in [2.75, 3.05) is 6.61 Å². The van der Waals surface area contributed by atoms with E-state index in [0.717, 1.165) is 28.1 Å². The van der Waals surface area contributed by atoms with Crippen LogP contribution in [0.2, 0.25) is 0 Å². The maximum absolute atomic E-state index is 13.0. The first kappa shape index (κ1) is 26.6. The number of carboxylic acids is 1. The van der Waals surface area contributed by atoms with Gasteiger partial charge in [0.2, 0.25) is 5.89 Å². The van der Waals surface area contributed by atoms with Crippen molar-refractivity contribution in [2.24, 2.45) is 11.1 Å². The molecule has 0 aliphatic heterocycles. The van der Waals surface area contributed by atoms with Crippen LogP contribution in [-0.4, -0.2) is 28.4 Å². The molecule has 1 aromatic heterocycles. The van der Waals surface area contributed by atoms with Gasteiger partial charge in [0.15, 0.2) is 0 Å². The number of oxazole rings is 1. The second-order valence-electron chi connectivity index (χ2n) is 8.86. The summed E-state index contributed by atoms with van der Waals surface area (Å²) in [6.45, 7) is 4.06. The monoisotopic (exact) mass is 516 g/mol. The van der Waals surface area contributed by atoms with E-state index in [-0.39, 0.29) is 18.8 Å². The number of hydrogen-bond acceptors (Lipinski definition) is 6. The van der Waals surface area contributed by atoms with E-state index >= 15 is 0 Å². The van der Waals surface area contributed by atoms with E-state index in [4.69, 9.17) is 14.0 Å². The van der Waals surface area contributed by atoms with Gasteiger partial charge in [0.1, 0.15) is 29.9 Å². The first-order valence-electron chi connectivity index (χ1n) is 12.3. The quantitative estimate of drug-likeness (QED) is 0.177. The summed E-state index contributed by atoms with van der Waals surface area (Å²) in [6.07, 6.45) is 0.851. The van der Waals surface area contributed by atoms with E-state index in [0.29, 0.717) is 30.4 Å². The van der Waals surface area contributed by atoms with Gasteiger partial charge in [0.05, 0.1) is 18.0 Å². The summed E-state index contributed by atoms with van der Waals surface area (Å²) in [5.41, 5.74) is 3.69. The zero-order chi connectivity index (χ0) is 26.9. The summed E-state index contributed by atoms with van der Waals surface area (Å²) in [5.74, 6) is -0.133. The molecule has 38 heavy (non-hydrogen) atoms. The van der Waals surface area contributed by atoms with Crippen LogP contribution in [0.5, 0.6) is 5.75 Å². The molecule has 0 saturated heterocycles. The average Bonchev–Trinajstić information content (AvgIpc) is 3.29. The predicted molar refractivity (Wildman–Crippen MR) is 141 cm³/mol. The molecule has 8 heteroatoms. The minimum absolute atomic E-state index is 0.122. The van der Waals surface area contributed by atoms with E-state index in [1.165, 1.54) is 12.1 Å². The zero-order valence-corrected chi connectivity index (χ0v) is 21.3. The third kappa shape index (κ3) is 7.29. The number of carbonyl (C=O) groups is 1. The minimum Gasteiger partial charge on any atom is -0.493 e. The second kappa shape index (κ2) is 12.7. The number of ether oxygens (including phenoxy) is 1. The Morgan fingerprint density at radius 3 is 2.39 bits per heavy atom. The third-order valence-electron chi connectivity index (χ3n) is 6.04. The highest BCUT2D eigenvalue weighted by Gasteiger charge is 2.22. The molecule has 1 N–H and O–H groups in total. The molecule has 196 valence electrons. The van der Waals surface area contributed by atoms with E-state index < -0.39 is 11.9 Å². The van der Waals surface area contributed by atoms with Crippen LogP contribution in [0.15, 0.2) is 88.4 Å². The van der Waals surface area contributed by atoms with Crippen molar-refractivity contribution in [1.82, 2.24) is 4.98 Å². The van der Waals surface area contributed by atoms with Crippen LogP contribution < -0.4 is 4.74 Å². The Morgan fingerprint density at radius 2 is 1.71 bits per heavy atom. The highest BCUT2D eigenvalue weighted by atomic mass is 19.1. The van der Waals surface area contributed by atoms with Gasteiger partial charge in [0.25, 0.3) is 0 Å². The maximum atomic E-state index is 13.0. The summed E-state index contributed by atoms with van der Waals surface area (Å²) in [6, 6.07) is 22.9. The molecule has 1 unspecified atom stereocenters. The van der Waals surface area contributed by atoms with Crippen LogP contribution in [0, 0.1) is 18.7 Å². The summed E-state index contributed by atoms with van der Waals surface area (Å²) in [7, 11) is 0. The van der Waals surface area contributed by atoms with E-state index in [1.807, 2.05) is 61.5 Å². The normalized spacial score (nSPS) is 12.2. The summed E-state index contributed by atoms with van der Waals surface area (Å²) in [4.78, 5) is 21.8. The number of halogens is 1. The molecule has 0 fully saturated rings. The Kier molecular flexibility index (Phi) is 8.87. The average molecular weight is 517 g/mol. The molecule has 0 amide bonds. The van der Waals surface area contributed by atoms with E-state index in [9.17, 15) is 14.3 Å². The molecule has 1 heterocycles. The van der Waals surface area contributed by atoms with Crippen molar-refractivity contribution in [1.29, 1.82) is 0 Å². The first-order chi connectivity index (χ1) is 18.4. The van der Waals surface area contributed by atoms with Crippen LogP contribution in [0.4, 0.5) is 4.39 Å². The van der Waals surface area contributed by atoms with E-state index in [2.05, 4.69) is 10.1 Å². The standard InChI is InChI=1S/C30H29FN2O5/c1-20(33-37-19-23-8-12-25(31)13-9-23)27(30(34)35)18-22-10-14-26(15-11-22)36-17-16-28-21(2)38-29(32-28)24-6-4-3-5-7-24/h3-15,27H,16-19H2,1-2H3,(H,34,35)/b33-20+. The molecule has 0 spiro atoms. The fourth-order valence-electron chi connectivity index (χ4n) is 3.85. The molecule has 4 aromatic rings. The highest BCUT2D eigenvalue weighted by molar-refractivity contribution is 6.00. The second-order valence-corrected chi connectivity index (χ2v) is 8.86. The maximum Gasteiger partial charge on any atom is 0.312 e. The largest absolute Gasteiger partial charge is 0.493 e. The van der Waals surface area contributed by atoms with Crippen LogP contribution in [0.1, 0.15) is 29.5 Å². The smallest absolute Gasteiger partial charge is 0.312 e. The lowest BCUT2D eigenvalue weighted by molar-refractivity contribution is -0.139. The van der Waals surface area contributed by atoms with Crippen LogP contribution >= 0.6 is 0 Å². The van der Waals surface area contributed by atoms with Gasteiger partial charge in [-0.15, -0.1) is 0 Å². The summed E-state index contributed by atoms with van der Waals surface area (Å²) >= 11 is 0. The van der Waals surface area contributed by atoms with Gasteiger partial charge in [-0.05, 0) is 67.8 Å². The van der Waals surface area contributed by atoms with Gasteiger partial charge in [-0.3, -0.25) is 4.79 Å². The van der Waals surface area contributed by atoms with E-state index in [1.54, 1.807) is 19.1 Å². The topological polar surface area (TPSA) is 94.2 Å². The van der Waals surface area contributed by atoms with Gasteiger partial charge >= 0.3 is 5.97 Å². The summed E-state index contributed by atoms with van der Waals surface area (Å²) in [5, 5.41) is 13.7. The van der Waals surface area contributed by atoms with Crippen LogP contribution in [-0.2, 0) is 29.1 Å². The Labute approximate surface area is 220 Å². The predicted octanol–water partition coefficient (Wildman–Crippen LogP) is 6.25. The number of aliphatic carboxylic acids is 1. The van der Waals surface area contributed by atoms with Gasteiger partial charge in [0, 0.05) is 12.0 Å². The molecule has 0 saturated carbocycles. The molecule has 7 nitrogen and oxygen atoms in total. The number of rotatable bonds is 12. The highest BCUT2D eigenvalue weighted by Crippen LogP contribution is 2.22. The van der Waals surface area contributed by atoms with Gasteiger partial charge in [-0.1, -0.05) is 47.6 Å². The number of hydrogen-bond donors (Lipinski definition) is 1. The molecule has 0 bridgehead atoms. The fourth-order valence-corrected chi connectivity index (χ4v) is 3.85. The SMILES string of the molecule is C/C(=N\OCc1ccc(F)cc1)C(Cc1ccc(OCCc2nc(-c3ccccc3)oc2C)cc1)C(=O)O. The van der Waals surface area contributed by atoms with Crippen molar-refractivity contribution >= 4 is 11.7 Å². The molecular formula is C30H29FN2O5. The number of benzene rings is 3. The first-order valence-corrected chi connectivity index (χ1v) is 12.3. The van der Waals surface area contributed by atoms with Crippen molar-refractivity contribution in [2.45, 2.75) is 33.3 Å². The molecule has 0 aliphatic carbocycles. The number of nitrogens with zero attached hydrogens (tertiary/aromatic N) is 2. The molecule has 0 aliphatic rings. The number of aromatic nitrogens is 1. The van der Waals surface area contributed by atoms with Crippen molar-refractivity contribution in [3.8, 4) is 17.2 Å². The molecule has 4 rings (SSSR count). The minimum atomic E-state index is -0.991. The lowest BCUT2D eigenvalue weighted by Gasteiger charge is -2.13. The van der Waals surface area contributed by atoms with Gasteiger partial charge in [-0.2, -0.15) is 0 Å². The fraction of sp³-hybridized carbons (Fsp3) is 0.233. The molecule has 3 aromatic carbocycles. The third-order valence-corrected chi connectivity index (χ3v) is 6.04. The number of aryl methyl sites for hydroxylation is 1. The lowest BCUT2D eigenvalue weighted by atomic mass is 9.95.